The molecule has 1 fully saturated rings. The van der Waals surface area contributed by atoms with E-state index in [2.05, 4.69) is 20.4 Å². The summed E-state index contributed by atoms with van der Waals surface area (Å²) < 4.78 is 19.6. The first-order valence-electron chi connectivity index (χ1n) is 5.92. The lowest BCUT2D eigenvalue weighted by molar-refractivity contribution is 0.0785. The summed E-state index contributed by atoms with van der Waals surface area (Å²) >= 11 is 0. The molecular weight excluding hydrogens is 235 g/mol. The van der Waals surface area contributed by atoms with Gasteiger partial charge in [-0.15, -0.1) is 0 Å². The molecule has 0 bridgehead atoms. The molecule has 3 rings (SSSR count). The first kappa shape index (κ1) is 11.3. The van der Waals surface area contributed by atoms with Crippen LogP contribution in [0.1, 0.15) is 18.7 Å². The topological polar surface area (TPSA) is 63.8 Å². The van der Waals surface area contributed by atoms with Crippen molar-refractivity contribution < 1.29 is 8.91 Å². The summed E-state index contributed by atoms with van der Waals surface area (Å²) in [5.74, 6) is 0.455. The third-order valence-electron chi connectivity index (χ3n) is 3.08. The van der Waals surface area contributed by atoms with Crippen LogP contribution in [0.3, 0.4) is 0 Å². The highest BCUT2D eigenvalue weighted by atomic mass is 19.1. The van der Waals surface area contributed by atoms with Crippen molar-refractivity contribution in [1.29, 1.82) is 0 Å². The van der Waals surface area contributed by atoms with Gasteiger partial charge in [-0.3, -0.25) is 4.98 Å². The monoisotopic (exact) mass is 248 g/mol. The van der Waals surface area contributed by atoms with Crippen LogP contribution in [0.25, 0.3) is 11.4 Å². The summed E-state index contributed by atoms with van der Waals surface area (Å²) in [6, 6.07) is 3.53. The predicted octanol–water partition coefficient (Wildman–Crippen LogP) is 1.68. The molecule has 1 aliphatic rings. The first-order chi connectivity index (χ1) is 8.78. The Morgan fingerprint density at radius 1 is 1.33 bits per heavy atom. The molecule has 2 aromatic rings. The quantitative estimate of drug-likeness (QED) is 0.876. The van der Waals surface area contributed by atoms with Crippen molar-refractivity contribution in [2.75, 3.05) is 13.1 Å². The van der Waals surface area contributed by atoms with E-state index in [0.29, 0.717) is 12.2 Å². The average Bonchev–Trinajstić information content (AvgIpc) is 2.91. The van der Waals surface area contributed by atoms with Crippen molar-refractivity contribution in [3.05, 3.63) is 30.4 Å². The number of nitrogens with zero attached hydrogens (tertiary/aromatic N) is 3. The number of nitrogens with one attached hydrogen (secondary N) is 1. The summed E-state index contributed by atoms with van der Waals surface area (Å²) in [5.41, 5.74) is -0.774. The number of hydrogen-bond donors (Lipinski definition) is 1. The molecule has 0 aliphatic carbocycles. The molecular formula is C12H13FN4O. The molecule has 1 unspecified atom stereocenters. The molecule has 1 aliphatic heterocycles. The maximum Gasteiger partial charge on any atom is 0.265 e. The highest BCUT2D eigenvalue weighted by molar-refractivity contribution is 5.52. The number of pyridine rings is 1. The molecule has 18 heavy (non-hydrogen) atoms. The van der Waals surface area contributed by atoms with E-state index in [9.17, 15) is 4.39 Å². The molecule has 1 atom stereocenters. The van der Waals surface area contributed by atoms with E-state index in [1.165, 1.54) is 0 Å². The molecule has 5 nitrogen and oxygen atoms in total. The van der Waals surface area contributed by atoms with E-state index in [0.717, 1.165) is 18.5 Å². The van der Waals surface area contributed by atoms with E-state index in [-0.39, 0.29) is 12.4 Å². The molecule has 0 spiro atoms. The highest BCUT2D eigenvalue weighted by Crippen LogP contribution is 2.32. The van der Waals surface area contributed by atoms with E-state index >= 15 is 0 Å². The molecule has 0 amide bonds. The Morgan fingerprint density at radius 2 is 2.17 bits per heavy atom. The second kappa shape index (κ2) is 4.45. The van der Waals surface area contributed by atoms with Crippen molar-refractivity contribution in [2.24, 2.45) is 0 Å². The fraction of sp³-hybridized carbons (Fsp3) is 0.417. The van der Waals surface area contributed by atoms with Gasteiger partial charge in [0.15, 0.2) is 0 Å². The third kappa shape index (κ3) is 1.99. The van der Waals surface area contributed by atoms with E-state index in [1.54, 1.807) is 24.5 Å². The van der Waals surface area contributed by atoms with E-state index in [4.69, 9.17) is 4.52 Å². The van der Waals surface area contributed by atoms with Crippen LogP contribution in [0.4, 0.5) is 4.39 Å². The van der Waals surface area contributed by atoms with Gasteiger partial charge in [0, 0.05) is 24.5 Å². The number of aromatic nitrogens is 3. The molecule has 0 radical (unpaired) electrons. The molecule has 3 heterocycles. The normalized spacial score (nSPS) is 24.1. The Labute approximate surface area is 103 Å². The van der Waals surface area contributed by atoms with Crippen LogP contribution in [0.15, 0.2) is 29.0 Å². The van der Waals surface area contributed by atoms with Crippen LogP contribution < -0.4 is 5.32 Å². The van der Waals surface area contributed by atoms with Gasteiger partial charge in [0.1, 0.15) is 0 Å². The maximum atomic E-state index is 14.6. The zero-order valence-electron chi connectivity index (χ0n) is 9.77. The number of halogens is 1. The second-order valence-electron chi connectivity index (χ2n) is 4.40. The minimum Gasteiger partial charge on any atom is -0.335 e. The molecule has 1 N–H and O–H groups in total. The average molecular weight is 248 g/mol. The zero-order chi connectivity index (χ0) is 12.4. The molecule has 0 aromatic carbocycles. The van der Waals surface area contributed by atoms with Crippen LogP contribution in [-0.4, -0.2) is 28.2 Å². The van der Waals surface area contributed by atoms with Crippen molar-refractivity contribution in [1.82, 2.24) is 20.4 Å². The van der Waals surface area contributed by atoms with Gasteiger partial charge >= 0.3 is 0 Å². The molecule has 1 saturated heterocycles. The number of hydrogen-bond acceptors (Lipinski definition) is 5. The summed E-state index contributed by atoms with van der Waals surface area (Å²) in [5, 5.41) is 6.84. The Hall–Kier alpha value is -1.82. The second-order valence-corrected chi connectivity index (χ2v) is 4.40. The fourth-order valence-corrected chi connectivity index (χ4v) is 2.07. The van der Waals surface area contributed by atoms with Crippen molar-refractivity contribution in [3.8, 4) is 11.4 Å². The van der Waals surface area contributed by atoms with Gasteiger partial charge in [-0.1, -0.05) is 5.16 Å². The van der Waals surface area contributed by atoms with E-state index < -0.39 is 5.67 Å². The maximum absolute atomic E-state index is 14.6. The lowest BCUT2D eigenvalue weighted by Gasteiger charge is -2.26. The standard InChI is InChI=1S/C12H13FN4O/c13-12(4-1-5-15-8-12)11-16-10(17-18-11)9-2-6-14-7-3-9/h2-3,6-7,15H,1,4-5,8H2. The van der Waals surface area contributed by atoms with Crippen LogP contribution >= 0.6 is 0 Å². The van der Waals surface area contributed by atoms with Crippen LogP contribution in [0, 0.1) is 0 Å². The fourth-order valence-electron chi connectivity index (χ4n) is 2.07. The van der Waals surface area contributed by atoms with Gasteiger partial charge in [-0.05, 0) is 31.5 Å². The smallest absolute Gasteiger partial charge is 0.265 e. The van der Waals surface area contributed by atoms with Gasteiger partial charge in [0.2, 0.25) is 11.5 Å². The Bertz CT molecular complexity index is 522. The van der Waals surface area contributed by atoms with Crippen LogP contribution in [-0.2, 0) is 5.67 Å². The van der Waals surface area contributed by atoms with Crippen molar-refractivity contribution in [2.45, 2.75) is 18.5 Å². The Morgan fingerprint density at radius 3 is 2.89 bits per heavy atom. The molecule has 2 aromatic heterocycles. The van der Waals surface area contributed by atoms with E-state index in [1.807, 2.05) is 0 Å². The predicted molar refractivity (Wildman–Crippen MR) is 62.4 cm³/mol. The molecule has 94 valence electrons. The van der Waals surface area contributed by atoms with Crippen LogP contribution in [0.2, 0.25) is 0 Å². The van der Waals surface area contributed by atoms with Gasteiger partial charge < -0.3 is 9.84 Å². The number of alkyl halides is 1. The van der Waals surface area contributed by atoms with Gasteiger partial charge in [0.05, 0.1) is 0 Å². The zero-order valence-corrected chi connectivity index (χ0v) is 9.77. The summed E-state index contributed by atoms with van der Waals surface area (Å²) in [6.07, 6.45) is 4.46. The lowest BCUT2D eigenvalue weighted by Crippen LogP contribution is -2.40. The SMILES string of the molecule is FC1(c2nc(-c3ccncc3)no2)CCCNC1. The number of piperidine rings is 1. The van der Waals surface area contributed by atoms with Gasteiger partial charge in [-0.25, -0.2) is 4.39 Å². The third-order valence-corrected chi connectivity index (χ3v) is 3.08. The summed E-state index contributed by atoms with van der Waals surface area (Å²) in [4.78, 5) is 8.07. The van der Waals surface area contributed by atoms with Crippen molar-refractivity contribution in [3.63, 3.8) is 0 Å². The largest absolute Gasteiger partial charge is 0.335 e. The summed E-state index contributed by atoms with van der Waals surface area (Å²) in [6.45, 7) is 1.06. The molecule has 0 saturated carbocycles. The summed E-state index contributed by atoms with van der Waals surface area (Å²) in [7, 11) is 0. The highest BCUT2D eigenvalue weighted by Gasteiger charge is 2.39. The van der Waals surface area contributed by atoms with Crippen LogP contribution in [0.5, 0.6) is 0 Å². The van der Waals surface area contributed by atoms with Gasteiger partial charge in [-0.2, -0.15) is 4.98 Å². The lowest BCUT2D eigenvalue weighted by atomic mass is 9.96. The first-order valence-corrected chi connectivity index (χ1v) is 5.92. The van der Waals surface area contributed by atoms with Crippen molar-refractivity contribution >= 4 is 0 Å². The molecule has 6 heteroatoms. The Kier molecular flexibility index (Phi) is 2.79. The minimum atomic E-state index is -1.55. The minimum absolute atomic E-state index is 0.0570. The Balaban J connectivity index is 1.89. The number of rotatable bonds is 2. The van der Waals surface area contributed by atoms with Gasteiger partial charge in [0.25, 0.3) is 5.89 Å².